The van der Waals surface area contributed by atoms with Gasteiger partial charge >= 0.3 is 0 Å². The Morgan fingerprint density at radius 1 is 1.17 bits per heavy atom. The van der Waals surface area contributed by atoms with E-state index in [1.54, 1.807) is 35.2 Å². The fourth-order valence-electron chi connectivity index (χ4n) is 3.43. The number of carbonyl (C=O) groups excluding carboxylic acids is 1. The molecule has 0 unspecified atom stereocenters. The molecule has 1 heterocycles. The maximum Gasteiger partial charge on any atom is 0.269 e. The minimum absolute atomic E-state index is 0.0203. The van der Waals surface area contributed by atoms with E-state index in [1.807, 2.05) is 37.3 Å². The number of aliphatic imine (C=N–C) groups is 1. The van der Waals surface area contributed by atoms with Gasteiger partial charge in [-0.2, -0.15) is 0 Å². The number of halogens is 2. The Balaban J connectivity index is 1.51. The van der Waals surface area contributed by atoms with Crippen LogP contribution in [0.4, 0.5) is 11.4 Å². The van der Waals surface area contributed by atoms with Gasteiger partial charge in [-0.3, -0.25) is 19.8 Å². The van der Waals surface area contributed by atoms with Gasteiger partial charge in [0.1, 0.15) is 12.4 Å². The molecule has 0 saturated carbocycles. The average Bonchev–Trinajstić information content (AvgIpc) is 3.14. The van der Waals surface area contributed by atoms with E-state index in [9.17, 15) is 14.9 Å². The number of non-ortho nitro benzene ring substituents is 1. The largest absolute Gasteiger partial charge is 0.488 e. The van der Waals surface area contributed by atoms with Crippen LogP contribution in [0.2, 0.25) is 5.02 Å². The molecule has 0 atom stereocenters. The molecule has 1 aliphatic rings. The van der Waals surface area contributed by atoms with Crippen LogP contribution in [0.1, 0.15) is 24.5 Å². The molecule has 0 bridgehead atoms. The molecule has 4 rings (SSSR count). The lowest BCUT2D eigenvalue weighted by atomic mass is 10.2. The van der Waals surface area contributed by atoms with Crippen LogP contribution in [-0.2, 0) is 11.4 Å². The zero-order chi connectivity index (χ0) is 25.7. The molecule has 10 heteroatoms. The summed E-state index contributed by atoms with van der Waals surface area (Å²) in [6.07, 6.45) is 2.64. The van der Waals surface area contributed by atoms with Crippen molar-refractivity contribution in [3.8, 4) is 5.75 Å². The monoisotopic (exact) mass is 585 g/mol. The van der Waals surface area contributed by atoms with E-state index in [2.05, 4.69) is 20.9 Å². The molecule has 36 heavy (non-hydrogen) atoms. The first-order valence-electron chi connectivity index (χ1n) is 11.1. The van der Waals surface area contributed by atoms with Crippen molar-refractivity contribution in [3.63, 3.8) is 0 Å². The lowest BCUT2D eigenvalue weighted by Gasteiger charge is -2.13. The number of hydrogen-bond acceptors (Lipinski definition) is 6. The van der Waals surface area contributed by atoms with Gasteiger partial charge in [0.05, 0.1) is 20.0 Å². The van der Waals surface area contributed by atoms with Gasteiger partial charge in [0, 0.05) is 23.7 Å². The second-order valence-electron chi connectivity index (χ2n) is 7.84. The van der Waals surface area contributed by atoms with E-state index in [1.165, 1.54) is 23.9 Å². The molecule has 0 radical (unpaired) electrons. The van der Waals surface area contributed by atoms with Gasteiger partial charge in [0.2, 0.25) is 0 Å². The molecule has 7 nitrogen and oxygen atoms in total. The second kappa shape index (κ2) is 11.7. The van der Waals surface area contributed by atoms with Crippen LogP contribution < -0.4 is 4.74 Å². The highest BCUT2D eigenvalue weighted by Gasteiger charge is 2.32. The number of nitrogens with zero attached hydrogens (tertiary/aromatic N) is 3. The first-order valence-corrected chi connectivity index (χ1v) is 13.0. The molecule has 0 spiro atoms. The lowest BCUT2D eigenvalue weighted by molar-refractivity contribution is -0.384. The van der Waals surface area contributed by atoms with Crippen molar-refractivity contribution in [1.82, 2.24) is 4.90 Å². The highest BCUT2D eigenvalue weighted by molar-refractivity contribution is 9.10. The topological polar surface area (TPSA) is 85.0 Å². The van der Waals surface area contributed by atoms with Gasteiger partial charge < -0.3 is 4.74 Å². The van der Waals surface area contributed by atoms with E-state index in [0.717, 1.165) is 17.7 Å². The summed E-state index contributed by atoms with van der Waals surface area (Å²) in [5, 5.41) is 12.2. The molecular weight excluding hydrogens is 566 g/mol. The Hall–Kier alpha value is -3.14. The first-order chi connectivity index (χ1) is 17.3. The summed E-state index contributed by atoms with van der Waals surface area (Å²) in [7, 11) is 0. The molecule has 3 aromatic rings. The molecule has 1 fully saturated rings. The van der Waals surface area contributed by atoms with E-state index in [-0.39, 0.29) is 18.2 Å². The molecule has 1 aliphatic heterocycles. The number of amides is 1. The number of carbonyl (C=O) groups is 1. The number of hydrogen-bond donors (Lipinski definition) is 0. The van der Waals surface area contributed by atoms with Gasteiger partial charge in [0.15, 0.2) is 5.17 Å². The number of ether oxygens (including phenoxy) is 1. The smallest absolute Gasteiger partial charge is 0.269 e. The predicted octanol–water partition coefficient (Wildman–Crippen LogP) is 7.60. The minimum atomic E-state index is -0.433. The van der Waals surface area contributed by atoms with Crippen molar-refractivity contribution in [1.29, 1.82) is 0 Å². The van der Waals surface area contributed by atoms with Crippen LogP contribution in [0.15, 0.2) is 81.1 Å². The molecule has 3 aromatic carbocycles. The zero-order valence-electron chi connectivity index (χ0n) is 19.2. The predicted molar refractivity (Wildman–Crippen MR) is 148 cm³/mol. The van der Waals surface area contributed by atoms with Crippen LogP contribution >= 0.6 is 39.3 Å². The quantitative estimate of drug-likeness (QED) is 0.154. The summed E-state index contributed by atoms with van der Waals surface area (Å²) in [5.41, 5.74) is 2.26. The van der Waals surface area contributed by atoms with Crippen molar-refractivity contribution in [3.05, 3.63) is 102 Å². The Bertz CT molecular complexity index is 1360. The van der Waals surface area contributed by atoms with Gasteiger partial charge in [-0.15, -0.1) is 0 Å². The molecule has 1 saturated heterocycles. The van der Waals surface area contributed by atoms with E-state index < -0.39 is 4.92 Å². The van der Waals surface area contributed by atoms with Crippen molar-refractivity contribution in [2.24, 2.45) is 4.99 Å². The fraction of sp³-hybridized carbons (Fsp3) is 0.154. The van der Waals surface area contributed by atoms with Crippen molar-refractivity contribution >= 4 is 67.8 Å². The number of nitro benzene ring substituents is 1. The summed E-state index contributed by atoms with van der Waals surface area (Å²) < 4.78 is 6.55. The van der Waals surface area contributed by atoms with E-state index >= 15 is 0 Å². The standard InChI is InChI=1S/C26H21BrClN3O4S/c1-2-12-30-25(32)24(36-26(30)29-20-9-7-19(28)8-10-20)15-17-6-11-23(22(27)14-17)35-16-18-4-3-5-21(13-18)31(33)34/h3-11,13-15H,2,12,16H2,1H3/b24-15-,29-26?. The molecule has 0 N–H and O–H groups in total. The maximum absolute atomic E-state index is 13.1. The number of rotatable bonds is 8. The van der Waals surface area contributed by atoms with Crippen molar-refractivity contribution in [2.75, 3.05) is 6.54 Å². The van der Waals surface area contributed by atoms with E-state index in [0.29, 0.717) is 37.4 Å². The molecule has 0 aromatic heterocycles. The lowest BCUT2D eigenvalue weighted by Crippen LogP contribution is -2.29. The normalized spacial score (nSPS) is 15.6. The zero-order valence-corrected chi connectivity index (χ0v) is 22.3. The minimum Gasteiger partial charge on any atom is -0.488 e. The summed E-state index contributed by atoms with van der Waals surface area (Å²) in [6, 6.07) is 19.0. The Morgan fingerprint density at radius 2 is 1.94 bits per heavy atom. The van der Waals surface area contributed by atoms with Crippen LogP contribution in [0, 0.1) is 10.1 Å². The summed E-state index contributed by atoms with van der Waals surface area (Å²) >= 11 is 10.8. The molecule has 184 valence electrons. The van der Waals surface area contributed by atoms with Crippen molar-refractivity contribution in [2.45, 2.75) is 20.0 Å². The number of amidine groups is 1. The van der Waals surface area contributed by atoms with Gasteiger partial charge in [-0.25, -0.2) is 4.99 Å². The first kappa shape index (κ1) is 25.9. The van der Waals surface area contributed by atoms with Crippen LogP contribution in [0.3, 0.4) is 0 Å². The van der Waals surface area contributed by atoms with Gasteiger partial charge in [-0.1, -0.05) is 36.7 Å². The Morgan fingerprint density at radius 3 is 2.64 bits per heavy atom. The van der Waals surface area contributed by atoms with Gasteiger partial charge in [-0.05, 0) is 87.7 Å². The fourth-order valence-corrected chi connectivity index (χ4v) is 5.10. The SMILES string of the molecule is CCCN1C(=O)/C(=C/c2ccc(OCc3cccc([N+](=O)[O-])c3)c(Br)c2)SC1=Nc1ccc(Cl)cc1. The third-order valence-electron chi connectivity index (χ3n) is 5.16. The maximum atomic E-state index is 13.1. The highest BCUT2D eigenvalue weighted by Crippen LogP contribution is 2.36. The second-order valence-corrected chi connectivity index (χ2v) is 10.1. The summed E-state index contributed by atoms with van der Waals surface area (Å²) in [4.78, 5) is 30.6. The number of thioether (sulfide) groups is 1. The highest BCUT2D eigenvalue weighted by atomic mass is 79.9. The summed E-state index contributed by atoms with van der Waals surface area (Å²) in [6.45, 7) is 2.78. The Kier molecular flexibility index (Phi) is 8.45. The third-order valence-corrected chi connectivity index (χ3v) is 7.03. The summed E-state index contributed by atoms with van der Waals surface area (Å²) in [5.74, 6) is 0.503. The number of benzene rings is 3. The molecular formula is C26H21BrClN3O4S. The molecule has 1 amide bonds. The van der Waals surface area contributed by atoms with Crippen molar-refractivity contribution < 1.29 is 14.5 Å². The van der Waals surface area contributed by atoms with Crippen LogP contribution in [0.25, 0.3) is 6.08 Å². The van der Waals surface area contributed by atoms with E-state index in [4.69, 9.17) is 16.3 Å². The van der Waals surface area contributed by atoms with Crippen LogP contribution in [0.5, 0.6) is 5.75 Å². The third kappa shape index (κ3) is 6.34. The molecule has 0 aliphatic carbocycles. The number of nitro groups is 1. The Labute approximate surface area is 226 Å². The average molecular weight is 587 g/mol. The van der Waals surface area contributed by atoms with Gasteiger partial charge in [0.25, 0.3) is 11.6 Å². The van der Waals surface area contributed by atoms with Crippen LogP contribution in [-0.4, -0.2) is 27.4 Å².